The first-order valence-corrected chi connectivity index (χ1v) is 14.2. The number of amides is 2. The first-order chi connectivity index (χ1) is 20.5. The molecular formula is C33H36N6O3. The Hall–Kier alpha value is -4.63. The molecule has 3 heterocycles. The Bertz CT molecular complexity index is 1520. The molecule has 1 aromatic heterocycles. The maximum absolute atomic E-state index is 14.1. The van der Waals surface area contributed by atoms with Crippen molar-refractivity contribution in [2.45, 2.75) is 19.5 Å². The normalized spacial score (nSPS) is 15.5. The van der Waals surface area contributed by atoms with Crippen LogP contribution in [0.15, 0.2) is 79.0 Å². The van der Waals surface area contributed by atoms with Crippen LogP contribution in [0.1, 0.15) is 22.5 Å². The van der Waals surface area contributed by atoms with E-state index < -0.39 is 0 Å². The number of rotatable bonds is 8. The molecule has 0 aliphatic carbocycles. The number of benzene rings is 3. The first-order valence-electron chi connectivity index (χ1n) is 14.2. The highest BCUT2D eigenvalue weighted by Gasteiger charge is 2.33. The zero-order chi connectivity index (χ0) is 29.1. The second-order valence-corrected chi connectivity index (χ2v) is 10.8. The molecule has 1 saturated heterocycles. The minimum absolute atomic E-state index is 0.164. The maximum atomic E-state index is 14.1. The van der Waals surface area contributed by atoms with Gasteiger partial charge in [-0.2, -0.15) is 0 Å². The molecule has 2 aliphatic rings. The third-order valence-electron chi connectivity index (χ3n) is 7.94. The van der Waals surface area contributed by atoms with Gasteiger partial charge in [-0.15, -0.1) is 0 Å². The van der Waals surface area contributed by atoms with Crippen molar-refractivity contribution in [2.75, 3.05) is 62.1 Å². The van der Waals surface area contributed by atoms with Crippen molar-refractivity contribution in [3.8, 4) is 11.5 Å². The summed E-state index contributed by atoms with van der Waals surface area (Å²) in [5.74, 6) is 2.56. The Balaban J connectivity index is 1.29. The fourth-order valence-corrected chi connectivity index (χ4v) is 5.47. The predicted molar refractivity (Wildman–Crippen MR) is 165 cm³/mol. The van der Waals surface area contributed by atoms with Gasteiger partial charge in [0.05, 0.1) is 33.0 Å². The van der Waals surface area contributed by atoms with Crippen LogP contribution >= 0.6 is 0 Å². The lowest BCUT2D eigenvalue weighted by molar-refractivity contribution is 0.249. The quantitative estimate of drug-likeness (QED) is 0.299. The molecule has 0 bridgehead atoms. The Morgan fingerprint density at radius 2 is 1.50 bits per heavy atom. The second-order valence-electron chi connectivity index (χ2n) is 10.8. The molecule has 1 fully saturated rings. The highest BCUT2D eigenvalue weighted by molar-refractivity contribution is 6.05. The maximum Gasteiger partial charge on any atom is 0.330 e. The van der Waals surface area contributed by atoms with Crippen LogP contribution < -0.4 is 24.2 Å². The number of aromatic nitrogens is 2. The van der Waals surface area contributed by atoms with Gasteiger partial charge in [-0.1, -0.05) is 42.5 Å². The lowest BCUT2D eigenvalue weighted by Crippen LogP contribution is -2.47. The number of piperazine rings is 1. The van der Waals surface area contributed by atoms with Gasteiger partial charge >= 0.3 is 6.03 Å². The number of hydrogen-bond donors (Lipinski definition) is 0. The van der Waals surface area contributed by atoms with Crippen molar-refractivity contribution >= 4 is 23.2 Å². The highest BCUT2D eigenvalue weighted by Crippen LogP contribution is 2.35. The zero-order valence-corrected chi connectivity index (χ0v) is 24.4. The van der Waals surface area contributed by atoms with E-state index >= 15 is 0 Å². The zero-order valence-electron chi connectivity index (χ0n) is 24.4. The molecule has 0 radical (unpaired) electrons. The lowest BCUT2D eigenvalue weighted by Gasteiger charge is -2.36. The van der Waals surface area contributed by atoms with Gasteiger partial charge in [0.15, 0.2) is 0 Å². The summed E-state index contributed by atoms with van der Waals surface area (Å²) in [5, 5.41) is 0. The molecule has 2 amide bonds. The number of hydrogen-bond acceptors (Lipinski definition) is 7. The van der Waals surface area contributed by atoms with E-state index in [4.69, 9.17) is 19.4 Å². The summed E-state index contributed by atoms with van der Waals surface area (Å²) < 4.78 is 10.9. The van der Waals surface area contributed by atoms with Crippen LogP contribution in [0.2, 0.25) is 0 Å². The molecule has 4 aromatic rings. The predicted octanol–water partition coefficient (Wildman–Crippen LogP) is 4.98. The smallest absolute Gasteiger partial charge is 0.330 e. The Labute approximate surface area is 246 Å². The van der Waals surface area contributed by atoms with E-state index in [1.165, 1.54) is 5.69 Å². The molecule has 216 valence electrons. The monoisotopic (exact) mass is 564 g/mol. The Kier molecular flexibility index (Phi) is 7.92. The van der Waals surface area contributed by atoms with Crippen molar-refractivity contribution in [3.05, 3.63) is 102 Å². The van der Waals surface area contributed by atoms with Gasteiger partial charge in [0, 0.05) is 68.2 Å². The fourth-order valence-electron chi connectivity index (χ4n) is 5.47. The van der Waals surface area contributed by atoms with Crippen LogP contribution in [-0.4, -0.2) is 68.3 Å². The van der Waals surface area contributed by atoms with Gasteiger partial charge in [0.2, 0.25) is 0 Å². The summed E-state index contributed by atoms with van der Waals surface area (Å²) in [7, 11) is 5.37. The van der Waals surface area contributed by atoms with Crippen molar-refractivity contribution in [3.63, 3.8) is 0 Å². The molecule has 0 spiro atoms. The molecular weight excluding hydrogens is 528 g/mol. The first kappa shape index (κ1) is 27.5. The van der Waals surface area contributed by atoms with Crippen LogP contribution in [0.5, 0.6) is 11.5 Å². The van der Waals surface area contributed by atoms with Crippen molar-refractivity contribution < 1.29 is 14.3 Å². The number of urea groups is 1. The summed E-state index contributed by atoms with van der Waals surface area (Å²) in [6.45, 7) is 4.96. The van der Waals surface area contributed by atoms with E-state index in [1.54, 1.807) is 30.1 Å². The average molecular weight is 565 g/mol. The number of carbonyl (C=O) groups excluding carboxylic acids is 1. The fraction of sp³-hybridized carbons (Fsp3) is 0.303. The van der Waals surface area contributed by atoms with Crippen molar-refractivity contribution in [1.82, 2.24) is 14.9 Å². The number of nitrogens with zero attached hydrogens (tertiary/aromatic N) is 6. The van der Waals surface area contributed by atoms with Gasteiger partial charge in [-0.05, 0) is 30.3 Å². The van der Waals surface area contributed by atoms with Crippen molar-refractivity contribution in [2.24, 2.45) is 0 Å². The standard InChI is InChI=1S/C33H36N6O3/c1-36-13-15-37(16-14-36)27-11-9-24(10-12-27)17-31-34-21-26-23-38(28-18-29(41-2)20-30(19-28)42-3)33(40)39(32(26)35-31)22-25-7-5-4-6-8-25/h4-12,18-21H,13-17,22-23H2,1-3H3. The third-order valence-corrected chi connectivity index (χ3v) is 7.94. The topological polar surface area (TPSA) is 74.3 Å². The van der Waals surface area contributed by atoms with E-state index in [0.717, 1.165) is 42.9 Å². The number of fused-ring (bicyclic) bond motifs is 1. The van der Waals surface area contributed by atoms with Crippen molar-refractivity contribution in [1.29, 1.82) is 0 Å². The molecule has 42 heavy (non-hydrogen) atoms. The minimum atomic E-state index is -0.164. The molecule has 2 aliphatic heterocycles. The number of likely N-dealkylation sites (N-methyl/N-ethyl adjacent to an activating group) is 1. The molecule has 0 saturated carbocycles. The minimum Gasteiger partial charge on any atom is -0.497 e. The molecule has 6 rings (SSSR count). The van der Waals surface area contributed by atoms with Crippen LogP contribution in [0.25, 0.3) is 0 Å². The summed E-state index contributed by atoms with van der Waals surface area (Å²) in [6, 6.07) is 24.0. The molecule has 9 nitrogen and oxygen atoms in total. The molecule has 3 aromatic carbocycles. The molecule has 0 N–H and O–H groups in total. The summed E-state index contributed by atoms with van der Waals surface area (Å²) in [4.78, 5) is 32.0. The number of carbonyl (C=O) groups is 1. The van der Waals surface area contributed by atoms with Gasteiger partial charge in [0.25, 0.3) is 0 Å². The SMILES string of the molecule is COc1cc(OC)cc(N2Cc3cnc(Cc4ccc(N5CCN(C)CC5)cc4)nc3N(Cc3ccccc3)C2=O)c1. The van der Waals surface area contributed by atoms with Crippen LogP contribution in [0.4, 0.5) is 22.0 Å². The third kappa shape index (κ3) is 5.87. The van der Waals surface area contributed by atoms with E-state index in [-0.39, 0.29) is 6.03 Å². The van der Waals surface area contributed by atoms with Crippen LogP contribution in [0.3, 0.4) is 0 Å². The van der Waals surface area contributed by atoms with Gasteiger partial charge < -0.3 is 19.3 Å². The molecule has 9 heteroatoms. The average Bonchev–Trinajstić information content (AvgIpc) is 3.03. The van der Waals surface area contributed by atoms with Crippen LogP contribution in [-0.2, 0) is 19.5 Å². The van der Waals surface area contributed by atoms with E-state index in [9.17, 15) is 4.79 Å². The summed E-state index contributed by atoms with van der Waals surface area (Å²) >= 11 is 0. The molecule has 0 unspecified atom stereocenters. The van der Waals surface area contributed by atoms with Crippen LogP contribution in [0, 0.1) is 0 Å². The summed E-state index contributed by atoms with van der Waals surface area (Å²) in [6.07, 6.45) is 2.44. The number of ether oxygens (including phenoxy) is 2. The largest absolute Gasteiger partial charge is 0.497 e. The number of anilines is 3. The molecule has 0 atom stereocenters. The van der Waals surface area contributed by atoms with E-state index in [2.05, 4.69) is 41.1 Å². The van der Waals surface area contributed by atoms with E-state index in [1.807, 2.05) is 48.7 Å². The van der Waals surface area contributed by atoms with Gasteiger partial charge in [-0.25, -0.2) is 14.8 Å². The van der Waals surface area contributed by atoms with Gasteiger partial charge in [0.1, 0.15) is 23.1 Å². The second kappa shape index (κ2) is 12.1. The van der Waals surface area contributed by atoms with E-state index in [0.29, 0.717) is 48.3 Å². The number of methoxy groups -OCH3 is 2. The lowest BCUT2D eigenvalue weighted by atomic mass is 10.1. The summed E-state index contributed by atoms with van der Waals surface area (Å²) in [5.41, 5.74) is 4.95. The highest BCUT2D eigenvalue weighted by atomic mass is 16.5. The Morgan fingerprint density at radius 1 is 0.810 bits per heavy atom. The van der Waals surface area contributed by atoms with Gasteiger partial charge in [-0.3, -0.25) is 9.80 Å². The Morgan fingerprint density at radius 3 is 2.17 bits per heavy atom.